The van der Waals surface area contributed by atoms with E-state index in [2.05, 4.69) is 0 Å². The van der Waals surface area contributed by atoms with Crippen molar-refractivity contribution in [1.82, 2.24) is 0 Å². The Labute approximate surface area is 165 Å². The number of aliphatic hydroxyl groups is 1. The van der Waals surface area contributed by atoms with Crippen molar-refractivity contribution in [2.45, 2.75) is 17.4 Å². The number of halogens is 2. The number of hydrogen-bond acceptors (Lipinski definition) is 2. The Morgan fingerprint density at radius 1 is 0.885 bits per heavy atom. The number of rotatable bonds is 5. The Morgan fingerprint density at radius 3 is 1.85 bits per heavy atom. The highest BCUT2D eigenvalue weighted by molar-refractivity contribution is 7.85. The highest BCUT2D eigenvalue weighted by Gasteiger charge is 2.34. The van der Waals surface area contributed by atoms with Crippen LogP contribution in [0.4, 0.5) is 0 Å². The summed E-state index contributed by atoms with van der Waals surface area (Å²) in [6.07, 6.45) is 0. The molecule has 0 saturated carbocycles. The molecule has 1 unspecified atom stereocenters. The number of aryl methyl sites for hydroxylation is 1. The van der Waals surface area contributed by atoms with Gasteiger partial charge in [0.15, 0.2) is 0 Å². The molecule has 0 amide bonds. The molecule has 0 aliphatic rings. The molecule has 0 saturated heterocycles. The summed E-state index contributed by atoms with van der Waals surface area (Å²) in [5.74, 6) is 0.0275. The molecule has 0 bridgehead atoms. The fourth-order valence-electron chi connectivity index (χ4n) is 2.81. The van der Waals surface area contributed by atoms with E-state index in [0.29, 0.717) is 26.1 Å². The molecule has 5 heteroatoms. The van der Waals surface area contributed by atoms with Crippen LogP contribution in [0, 0.1) is 6.92 Å². The summed E-state index contributed by atoms with van der Waals surface area (Å²) < 4.78 is 13.0. The van der Waals surface area contributed by atoms with Crippen LogP contribution in [-0.4, -0.2) is 15.1 Å². The molecule has 0 heterocycles. The van der Waals surface area contributed by atoms with Gasteiger partial charge in [-0.25, -0.2) is 0 Å². The zero-order valence-electron chi connectivity index (χ0n) is 14.2. The van der Waals surface area contributed by atoms with Crippen molar-refractivity contribution in [2.24, 2.45) is 0 Å². The van der Waals surface area contributed by atoms with E-state index in [1.54, 1.807) is 48.5 Å². The van der Waals surface area contributed by atoms with E-state index in [1.165, 1.54) is 0 Å². The van der Waals surface area contributed by atoms with E-state index < -0.39 is 16.4 Å². The van der Waals surface area contributed by atoms with E-state index >= 15 is 0 Å². The largest absolute Gasteiger partial charge is 0.379 e. The SMILES string of the molecule is Cc1cccc(S(=O)CC(O)(c2ccc(Cl)cc2)c2ccc(Cl)cc2)c1. The minimum absolute atomic E-state index is 0.0275. The Kier molecular flexibility index (Phi) is 5.83. The van der Waals surface area contributed by atoms with Gasteiger partial charge >= 0.3 is 0 Å². The van der Waals surface area contributed by atoms with Crippen LogP contribution in [0.25, 0.3) is 0 Å². The zero-order valence-corrected chi connectivity index (χ0v) is 16.5. The summed E-state index contributed by atoms with van der Waals surface area (Å²) in [4.78, 5) is 0.686. The second-order valence-electron chi connectivity index (χ2n) is 6.18. The summed E-state index contributed by atoms with van der Waals surface area (Å²) in [6, 6.07) is 21.4. The average molecular weight is 405 g/mol. The lowest BCUT2D eigenvalue weighted by Gasteiger charge is -2.29. The van der Waals surface area contributed by atoms with Crippen LogP contribution in [0.1, 0.15) is 16.7 Å². The first-order valence-electron chi connectivity index (χ1n) is 8.08. The minimum atomic E-state index is -1.43. The third kappa shape index (κ3) is 4.18. The number of hydrogen-bond donors (Lipinski definition) is 1. The molecule has 1 atom stereocenters. The smallest absolute Gasteiger partial charge is 0.126 e. The maximum absolute atomic E-state index is 13.0. The van der Waals surface area contributed by atoms with Crippen molar-refractivity contribution in [3.05, 3.63) is 99.5 Å². The Hall–Kier alpha value is -1.65. The van der Waals surface area contributed by atoms with E-state index in [9.17, 15) is 9.32 Å². The van der Waals surface area contributed by atoms with Crippen molar-refractivity contribution >= 4 is 34.0 Å². The minimum Gasteiger partial charge on any atom is -0.379 e. The summed E-state index contributed by atoms with van der Waals surface area (Å²) in [5.41, 5.74) is 0.858. The molecule has 0 fully saturated rings. The van der Waals surface area contributed by atoms with Gasteiger partial charge in [0.1, 0.15) is 5.60 Å². The van der Waals surface area contributed by atoms with E-state index in [4.69, 9.17) is 23.2 Å². The molecule has 3 rings (SSSR count). The van der Waals surface area contributed by atoms with Gasteiger partial charge in [-0.3, -0.25) is 4.21 Å². The Morgan fingerprint density at radius 2 is 1.38 bits per heavy atom. The van der Waals surface area contributed by atoms with Crippen molar-refractivity contribution in [1.29, 1.82) is 0 Å². The molecule has 3 aromatic carbocycles. The maximum Gasteiger partial charge on any atom is 0.126 e. The van der Waals surface area contributed by atoms with Crippen molar-refractivity contribution in [3.8, 4) is 0 Å². The second kappa shape index (κ2) is 7.93. The molecule has 0 radical (unpaired) electrons. The van der Waals surface area contributed by atoms with Crippen molar-refractivity contribution in [3.63, 3.8) is 0 Å². The molecule has 2 nitrogen and oxygen atoms in total. The van der Waals surface area contributed by atoms with E-state index in [0.717, 1.165) is 5.56 Å². The lowest BCUT2D eigenvalue weighted by molar-refractivity contribution is 0.106. The first-order valence-corrected chi connectivity index (χ1v) is 10.2. The van der Waals surface area contributed by atoms with Crippen LogP contribution in [0.15, 0.2) is 77.7 Å². The predicted molar refractivity (Wildman–Crippen MR) is 108 cm³/mol. The van der Waals surface area contributed by atoms with Crippen LogP contribution in [-0.2, 0) is 16.4 Å². The molecular weight excluding hydrogens is 387 g/mol. The summed E-state index contributed by atoms with van der Waals surface area (Å²) >= 11 is 12.0. The average Bonchev–Trinajstić information content (AvgIpc) is 2.62. The third-order valence-electron chi connectivity index (χ3n) is 4.24. The van der Waals surface area contributed by atoms with Gasteiger partial charge < -0.3 is 5.11 Å². The van der Waals surface area contributed by atoms with Gasteiger partial charge in [0.25, 0.3) is 0 Å². The van der Waals surface area contributed by atoms with Gasteiger partial charge in [-0.05, 0) is 60.0 Å². The third-order valence-corrected chi connectivity index (χ3v) is 6.20. The van der Waals surface area contributed by atoms with Crippen LogP contribution in [0.3, 0.4) is 0 Å². The van der Waals surface area contributed by atoms with Gasteiger partial charge in [-0.2, -0.15) is 0 Å². The van der Waals surface area contributed by atoms with Gasteiger partial charge in [-0.15, -0.1) is 0 Å². The van der Waals surface area contributed by atoms with Gasteiger partial charge in [-0.1, -0.05) is 59.6 Å². The van der Waals surface area contributed by atoms with Gasteiger partial charge in [0.05, 0.1) is 16.6 Å². The summed E-state index contributed by atoms with van der Waals surface area (Å²) in [7, 11) is -1.39. The molecule has 3 aromatic rings. The zero-order chi connectivity index (χ0) is 18.7. The van der Waals surface area contributed by atoms with Crippen LogP contribution in [0.2, 0.25) is 10.0 Å². The lowest BCUT2D eigenvalue weighted by atomic mass is 9.88. The lowest BCUT2D eigenvalue weighted by Crippen LogP contribution is -2.34. The predicted octanol–water partition coefficient (Wildman–Crippen LogP) is 5.35. The maximum atomic E-state index is 13.0. The second-order valence-corrected chi connectivity index (χ2v) is 8.50. The highest BCUT2D eigenvalue weighted by Crippen LogP contribution is 2.33. The monoisotopic (exact) mass is 404 g/mol. The van der Waals surface area contributed by atoms with E-state index in [1.807, 2.05) is 31.2 Å². The Bertz CT molecular complexity index is 876. The number of benzene rings is 3. The molecule has 134 valence electrons. The summed E-state index contributed by atoms with van der Waals surface area (Å²) in [5, 5.41) is 12.7. The van der Waals surface area contributed by atoms with Crippen molar-refractivity contribution in [2.75, 3.05) is 5.75 Å². The fourth-order valence-corrected chi connectivity index (χ4v) is 4.49. The molecule has 26 heavy (non-hydrogen) atoms. The van der Waals surface area contributed by atoms with Crippen LogP contribution in [0.5, 0.6) is 0 Å². The Balaban J connectivity index is 2.04. The quantitative estimate of drug-likeness (QED) is 0.622. The van der Waals surface area contributed by atoms with Crippen LogP contribution >= 0.6 is 23.2 Å². The van der Waals surface area contributed by atoms with Crippen LogP contribution < -0.4 is 0 Å². The first kappa shape index (κ1) is 19.1. The fraction of sp³-hybridized carbons (Fsp3) is 0.143. The van der Waals surface area contributed by atoms with Gasteiger partial charge in [0, 0.05) is 14.9 Å². The molecule has 0 aliphatic carbocycles. The standard InChI is InChI=1S/C21H18Cl2O2S/c1-15-3-2-4-20(13-15)26(25)14-21(24,16-5-9-18(22)10-6-16)17-7-11-19(23)12-8-17/h2-13,24H,14H2,1H3. The highest BCUT2D eigenvalue weighted by atomic mass is 35.5. The topological polar surface area (TPSA) is 37.3 Å². The summed E-state index contributed by atoms with van der Waals surface area (Å²) in [6.45, 7) is 1.95. The molecule has 0 aliphatic heterocycles. The molecule has 0 aromatic heterocycles. The normalized spacial score (nSPS) is 12.8. The molecular formula is C21H18Cl2O2S. The molecule has 0 spiro atoms. The molecule has 1 N–H and O–H groups in total. The van der Waals surface area contributed by atoms with E-state index in [-0.39, 0.29) is 5.75 Å². The first-order chi connectivity index (χ1) is 12.4. The van der Waals surface area contributed by atoms with Crippen molar-refractivity contribution < 1.29 is 9.32 Å². The van der Waals surface area contributed by atoms with Gasteiger partial charge in [0.2, 0.25) is 0 Å².